The molecular formula is C50H78BrKO6. The van der Waals surface area contributed by atoms with Gasteiger partial charge in [0.05, 0.1) is 0 Å². The van der Waals surface area contributed by atoms with Crippen molar-refractivity contribution >= 4 is 22.4 Å². The number of carbonyl (C=O) groups excluding carboxylic acids is 1. The molecule has 322 valence electrons. The molecule has 4 aromatic rings. The molecule has 0 aliphatic carbocycles. The van der Waals surface area contributed by atoms with Gasteiger partial charge >= 0.3 is 51.4 Å². The van der Waals surface area contributed by atoms with Crippen molar-refractivity contribution in [2.75, 3.05) is 25.2 Å². The molecule has 0 bridgehead atoms. The molecule has 1 heterocycles. The van der Waals surface area contributed by atoms with Gasteiger partial charge in [-0.1, -0.05) is 210 Å². The van der Waals surface area contributed by atoms with Gasteiger partial charge in [0.25, 0.3) is 6.47 Å². The fourth-order valence-electron chi connectivity index (χ4n) is 4.55. The van der Waals surface area contributed by atoms with Gasteiger partial charge in [0.1, 0.15) is 18.1 Å². The number of alkyl halides is 1. The molecule has 1 aliphatic heterocycles. The molecule has 0 amide bonds. The second kappa shape index (κ2) is 47.1. The van der Waals surface area contributed by atoms with E-state index in [0.717, 1.165) is 24.3 Å². The Labute approximate surface area is 407 Å². The minimum atomic E-state index is -0.181. The zero-order chi connectivity index (χ0) is 43.7. The Morgan fingerprint density at radius 1 is 0.655 bits per heavy atom. The summed E-state index contributed by atoms with van der Waals surface area (Å²) < 4.78 is 10.5. The van der Waals surface area contributed by atoms with E-state index in [1.54, 1.807) is 24.3 Å². The Hall–Kier alpha value is -2.53. The fourth-order valence-corrected chi connectivity index (χ4v) is 4.55. The van der Waals surface area contributed by atoms with Gasteiger partial charge in [-0.3, -0.25) is 4.79 Å². The third kappa shape index (κ3) is 31.4. The molecule has 1 fully saturated rings. The first-order chi connectivity index (χ1) is 27.1. The molecule has 1 aliphatic rings. The summed E-state index contributed by atoms with van der Waals surface area (Å²) in [6.07, 6.45) is 6.10. The van der Waals surface area contributed by atoms with Crippen molar-refractivity contribution in [3.05, 3.63) is 157 Å². The van der Waals surface area contributed by atoms with Crippen molar-refractivity contribution in [2.45, 2.75) is 114 Å². The van der Waals surface area contributed by atoms with Crippen LogP contribution in [0.3, 0.4) is 0 Å². The van der Waals surface area contributed by atoms with Crippen molar-refractivity contribution < 1.29 is 80.9 Å². The monoisotopic (exact) mass is 892 g/mol. The number of allylic oxidation sites excluding steroid dienone is 1. The van der Waals surface area contributed by atoms with Crippen LogP contribution in [0.1, 0.15) is 126 Å². The molecule has 0 saturated carbocycles. The molecule has 0 unspecified atom stereocenters. The number of phenolic OH excluding ortho intramolecular Hbond substituents is 1. The SMILES string of the molecule is C.C1CCOC1.C=CCBr.C=CCOc1ccc(C(C)(C)c2ccccc2)cc1.CC.CC.CC.CC.CC(C)(c1ccccc1)c1ccc(O)cc1.O=CO[O-].[K+]. The fraction of sp³-hybridized carbons (Fsp3) is 0.420. The molecule has 8 heteroatoms. The number of aromatic hydroxyl groups is 1. The molecule has 0 radical (unpaired) electrons. The van der Waals surface area contributed by atoms with Crippen LogP contribution in [0, 0.1) is 0 Å². The summed E-state index contributed by atoms with van der Waals surface area (Å²) in [6.45, 7) is 34.3. The topological polar surface area (TPSA) is 88.0 Å². The van der Waals surface area contributed by atoms with E-state index in [0.29, 0.717) is 12.4 Å². The summed E-state index contributed by atoms with van der Waals surface area (Å²) in [6, 6.07) is 36.7. The molecule has 0 atom stereocenters. The number of ether oxygens (including phenoxy) is 2. The molecule has 1 saturated heterocycles. The Kier molecular flexibility index (Phi) is 54.7. The van der Waals surface area contributed by atoms with E-state index in [1.807, 2.05) is 91.8 Å². The first-order valence-electron chi connectivity index (χ1n) is 19.8. The zero-order valence-corrected chi connectivity index (χ0v) is 42.4. The molecule has 6 nitrogen and oxygen atoms in total. The van der Waals surface area contributed by atoms with E-state index in [2.05, 4.69) is 122 Å². The Bertz CT molecular complexity index is 1390. The number of hydrogen-bond donors (Lipinski definition) is 1. The van der Waals surface area contributed by atoms with E-state index >= 15 is 0 Å². The van der Waals surface area contributed by atoms with E-state index in [9.17, 15) is 5.11 Å². The van der Waals surface area contributed by atoms with Crippen LogP contribution in [0.4, 0.5) is 0 Å². The first kappa shape index (κ1) is 67.2. The standard InChI is InChI=1S/C18H20O.C15H16O.C4H8O.C3H5Br.4C2H6.CH2O3.CH4.K/c1-4-14-19-17-12-10-16(11-13-17)18(2,3)15-8-6-5-7-9-15;1-15(2,12-6-4-3-5-7-12)13-8-10-14(16)11-9-13;1-2-4-5-3-1;1-2-3-4;4*1-2;2-1-4-3;;/h4-13H,1,14H2,2-3H3;3-11,16H,1-2H3;1-4H2;2H,1,3H2;4*1-2H3;1,3H;1H4;/q;;;;;;;;;;+1/p-1. The minimum absolute atomic E-state index is 0. The van der Waals surface area contributed by atoms with Gasteiger partial charge in [-0.15, -0.1) is 6.58 Å². The second-order valence-corrected chi connectivity index (χ2v) is 12.3. The predicted molar refractivity (Wildman–Crippen MR) is 251 cm³/mol. The summed E-state index contributed by atoms with van der Waals surface area (Å²) >= 11 is 3.13. The maximum absolute atomic E-state index is 9.29. The average Bonchev–Trinajstić information content (AvgIpc) is 3.88. The largest absolute Gasteiger partial charge is 1.00 e. The number of rotatable bonds is 9. The first-order valence-corrected chi connectivity index (χ1v) is 20.9. The van der Waals surface area contributed by atoms with Crippen molar-refractivity contribution in [3.63, 3.8) is 0 Å². The van der Waals surface area contributed by atoms with Gasteiger partial charge in [-0.2, -0.15) is 0 Å². The number of benzene rings is 4. The van der Waals surface area contributed by atoms with Crippen LogP contribution in [0.2, 0.25) is 0 Å². The Morgan fingerprint density at radius 3 is 1.22 bits per heavy atom. The molecular weight excluding hydrogens is 816 g/mol. The van der Waals surface area contributed by atoms with Crippen LogP contribution in [0.15, 0.2) is 135 Å². The maximum Gasteiger partial charge on any atom is 1.00 e. The van der Waals surface area contributed by atoms with Gasteiger partial charge in [-0.25, -0.2) is 0 Å². The Balaban J connectivity index is -0.000000155. The quantitative estimate of drug-likeness (QED) is 0.0450. The van der Waals surface area contributed by atoms with Crippen LogP contribution in [0.25, 0.3) is 0 Å². The van der Waals surface area contributed by atoms with Crippen molar-refractivity contribution in [3.8, 4) is 11.5 Å². The zero-order valence-electron chi connectivity index (χ0n) is 37.6. The summed E-state index contributed by atoms with van der Waals surface area (Å²) in [4.78, 5) is 11.2. The van der Waals surface area contributed by atoms with Gasteiger partial charge < -0.3 is 24.7 Å². The van der Waals surface area contributed by atoms with E-state index in [1.165, 1.54) is 35.1 Å². The van der Waals surface area contributed by atoms with E-state index in [4.69, 9.17) is 19.5 Å². The van der Waals surface area contributed by atoms with Gasteiger partial charge in [0, 0.05) is 29.4 Å². The third-order valence-electron chi connectivity index (χ3n) is 7.50. The van der Waals surface area contributed by atoms with Crippen LogP contribution in [-0.4, -0.2) is 36.7 Å². The molecule has 0 aromatic heterocycles. The minimum Gasteiger partial charge on any atom is -0.662 e. The Morgan fingerprint density at radius 2 is 0.966 bits per heavy atom. The van der Waals surface area contributed by atoms with Gasteiger partial charge in [0.2, 0.25) is 0 Å². The van der Waals surface area contributed by atoms with Crippen molar-refractivity contribution in [2.24, 2.45) is 0 Å². The molecule has 1 N–H and O–H groups in total. The van der Waals surface area contributed by atoms with Gasteiger partial charge in [0.15, 0.2) is 0 Å². The number of carbonyl (C=O) groups is 1. The molecule has 0 spiro atoms. The summed E-state index contributed by atoms with van der Waals surface area (Å²) in [5, 5.41) is 18.6. The molecule has 5 rings (SSSR count). The summed E-state index contributed by atoms with van der Waals surface area (Å²) in [7, 11) is 0. The summed E-state index contributed by atoms with van der Waals surface area (Å²) in [5.74, 6) is 1.19. The van der Waals surface area contributed by atoms with Gasteiger partial charge in [-0.05, 0) is 59.4 Å². The van der Waals surface area contributed by atoms with E-state index < -0.39 is 0 Å². The number of phenols is 1. The van der Waals surface area contributed by atoms with E-state index in [-0.39, 0.29) is 76.1 Å². The predicted octanol–water partition coefficient (Wildman–Crippen LogP) is 10.8. The maximum atomic E-state index is 9.29. The van der Waals surface area contributed by atoms with Crippen LogP contribution < -0.4 is 61.4 Å². The molecule has 4 aromatic carbocycles. The van der Waals surface area contributed by atoms with Crippen LogP contribution in [-0.2, 0) is 25.2 Å². The number of hydrogen-bond acceptors (Lipinski definition) is 6. The number of halogens is 1. The third-order valence-corrected chi connectivity index (χ3v) is 7.96. The van der Waals surface area contributed by atoms with Crippen molar-refractivity contribution in [1.82, 2.24) is 0 Å². The second-order valence-electron chi connectivity index (χ2n) is 11.6. The normalized spacial score (nSPS) is 10.0. The average molecular weight is 894 g/mol. The molecule has 58 heavy (non-hydrogen) atoms. The summed E-state index contributed by atoms with van der Waals surface area (Å²) in [5.41, 5.74) is 5.05. The van der Waals surface area contributed by atoms with Crippen LogP contribution in [0.5, 0.6) is 11.5 Å². The van der Waals surface area contributed by atoms with Crippen LogP contribution >= 0.6 is 15.9 Å². The van der Waals surface area contributed by atoms with Crippen molar-refractivity contribution in [1.29, 1.82) is 0 Å². The smallest absolute Gasteiger partial charge is 0.662 e.